The molecule has 1 saturated heterocycles. The molecule has 20 heavy (non-hydrogen) atoms. The zero-order valence-electron chi connectivity index (χ0n) is 11.5. The van der Waals surface area contributed by atoms with Gasteiger partial charge in [0, 0.05) is 5.56 Å². The van der Waals surface area contributed by atoms with Crippen molar-refractivity contribution in [2.45, 2.75) is 19.8 Å². The Labute approximate surface area is 118 Å². The van der Waals surface area contributed by atoms with E-state index in [2.05, 4.69) is 0 Å². The largest absolute Gasteiger partial charge is 0.392 e. The summed E-state index contributed by atoms with van der Waals surface area (Å²) in [4.78, 5) is 0. The minimum atomic E-state index is -0.336. The van der Waals surface area contributed by atoms with E-state index in [-0.39, 0.29) is 12.9 Å². The van der Waals surface area contributed by atoms with Crippen molar-refractivity contribution < 1.29 is 14.6 Å². The summed E-state index contributed by atoms with van der Waals surface area (Å²) in [6, 6.07) is 14.1. The number of ether oxygens (including phenoxy) is 2. The number of hydrogen-bond acceptors (Lipinski definition) is 3. The zero-order valence-corrected chi connectivity index (χ0v) is 11.5. The number of benzene rings is 2. The third-order valence-corrected chi connectivity index (χ3v) is 3.64. The van der Waals surface area contributed by atoms with Gasteiger partial charge in [0.15, 0.2) is 6.29 Å². The standard InChI is InChI=1S/C17H18O3/c1-12-7-8-14(11-18)16(13-5-3-2-4-6-13)15(12)17-19-9-10-20-17/h2-8,17-18H,9-11H2,1H3. The average Bonchev–Trinajstić information content (AvgIpc) is 3.01. The first kappa shape index (κ1) is 13.3. The summed E-state index contributed by atoms with van der Waals surface area (Å²) < 4.78 is 11.4. The number of rotatable bonds is 3. The zero-order chi connectivity index (χ0) is 13.9. The number of aliphatic hydroxyl groups is 1. The molecule has 3 heteroatoms. The van der Waals surface area contributed by atoms with Gasteiger partial charge in [0.05, 0.1) is 19.8 Å². The first-order chi connectivity index (χ1) is 9.81. The first-order valence-electron chi connectivity index (χ1n) is 6.83. The van der Waals surface area contributed by atoms with E-state index in [9.17, 15) is 5.11 Å². The number of aryl methyl sites for hydroxylation is 1. The molecule has 1 aliphatic heterocycles. The van der Waals surface area contributed by atoms with Crippen LogP contribution in [0.25, 0.3) is 11.1 Å². The molecular formula is C17H18O3. The van der Waals surface area contributed by atoms with Gasteiger partial charge in [-0.2, -0.15) is 0 Å². The van der Waals surface area contributed by atoms with Crippen LogP contribution in [-0.4, -0.2) is 18.3 Å². The molecule has 2 aromatic carbocycles. The molecule has 0 spiro atoms. The Morgan fingerprint density at radius 3 is 2.40 bits per heavy atom. The van der Waals surface area contributed by atoms with Gasteiger partial charge < -0.3 is 14.6 Å². The van der Waals surface area contributed by atoms with Gasteiger partial charge in [-0.3, -0.25) is 0 Å². The van der Waals surface area contributed by atoms with E-state index < -0.39 is 0 Å². The van der Waals surface area contributed by atoms with Crippen molar-refractivity contribution in [2.75, 3.05) is 13.2 Å². The van der Waals surface area contributed by atoms with Crippen molar-refractivity contribution in [3.8, 4) is 11.1 Å². The highest BCUT2D eigenvalue weighted by Crippen LogP contribution is 2.37. The van der Waals surface area contributed by atoms with Crippen LogP contribution in [0.15, 0.2) is 42.5 Å². The molecule has 0 aliphatic carbocycles. The second-order valence-corrected chi connectivity index (χ2v) is 4.93. The molecule has 0 atom stereocenters. The Kier molecular flexibility index (Phi) is 3.83. The molecule has 0 bridgehead atoms. The van der Waals surface area contributed by atoms with E-state index in [0.717, 1.165) is 27.8 Å². The fourth-order valence-electron chi connectivity index (χ4n) is 2.68. The van der Waals surface area contributed by atoms with Crippen molar-refractivity contribution in [2.24, 2.45) is 0 Å². The lowest BCUT2D eigenvalue weighted by atomic mass is 9.91. The second-order valence-electron chi connectivity index (χ2n) is 4.93. The number of aliphatic hydroxyl groups excluding tert-OH is 1. The van der Waals surface area contributed by atoms with Crippen LogP contribution in [-0.2, 0) is 16.1 Å². The van der Waals surface area contributed by atoms with E-state index in [1.807, 2.05) is 49.4 Å². The molecule has 0 aromatic heterocycles. The van der Waals surface area contributed by atoms with Crippen LogP contribution in [0, 0.1) is 6.92 Å². The maximum absolute atomic E-state index is 9.66. The Balaban J connectivity index is 2.21. The molecule has 1 heterocycles. The van der Waals surface area contributed by atoms with Gasteiger partial charge in [-0.25, -0.2) is 0 Å². The van der Waals surface area contributed by atoms with Crippen LogP contribution in [0.5, 0.6) is 0 Å². The van der Waals surface area contributed by atoms with Gasteiger partial charge in [-0.05, 0) is 29.2 Å². The van der Waals surface area contributed by atoms with Crippen LogP contribution in [0.1, 0.15) is 23.0 Å². The molecule has 0 unspecified atom stereocenters. The summed E-state index contributed by atoms with van der Waals surface area (Å²) >= 11 is 0. The van der Waals surface area contributed by atoms with Crippen LogP contribution in [0.4, 0.5) is 0 Å². The highest BCUT2D eigenvalue weighted by Gasteiger charge is 2.25. The normalized spacial score (nSPS) is 15.7. The van der Waals surface area contributed by atoms with Gasteiger partial charge in [-0.15, -0.1) is 0 Å². The SMILES string of the molecule is Cc1ccc(CO)c(-c2ccccc2)c1C1OCCO1. The smallest absolute Gasteiger partial charge is 0.184 e. The predicted octanol–water partition coefficient (Wildman–Crippen LogP) is 3.20. The Hall–Kier alpha value is -1.68. The van der Waals surface area contributed by atoms with Crippen LogP contribution in [0.2, 0.25) is 0 Å². The summed E-state index contributed by atoms with van der Waals surface area (Å²) in [6.07, 6.45) is -0.336. The van der Waals surface area contributed by atoms with Crippen molar-refractivity contribution in [3.05, 3.63) is 59.2 Å². The molecule has 1 N–H and O–H groups in total. The monoisotopic (exact) mass is 270 g/mol. The molecule has 3 rings (SSSR count). The molecular weight excluding hydrogens is 252 g/mol. The fourth-order valence-corrected chi connectivity index (χ4v) is 2.68. The molecule has 0 saturated carbocycles. The van der Waals surface area contributed by atoms with Gasteiger partial charge in [0.25, 0.3) is 0 Å². The van der Waals surface area contributed by atoms with E-state index in [4.69, 9.17) is 9.47 Å². The van der Waals surface area contributed by atoms with Crippen LogP contribution >= 0.6 is 0 Å². The summed E-state index contributed by atoms with van der Waals surface area (Å²) in [7, 11) is 0. The van der Waals surface area contributed by atoms with Crippen molar-refractivity contribution in [1.82, 2.24) is 0 Å². The fraction of sp³-hybridized carbons (Fsp3) is 0.294. The summed E-state index contributed by atoms with van der Waals surface area (Å²) in [5.74, 6) is 0. The Morgan fingerprint density at radius 2 is 1.75 bits per heavy atom. The van der Waals surface area contributed by atoms with Crippen molar-refractivity contribution in [1.29, 1.82) is 0 Å². The molecule has 3 nitrogen and oxygen atoms in total. The minimum absolute atomic E-state index is 0.00419. The van der Waals surface area contributed by atoms with E-state index in [1.54, 1.807) is 0 Å². The molecule has 1 aliphatic rings. The van der Waals surface area contributed by atoms with E-state index in [1.165, 1.54) is 0 Å². The van der Waals surface area contributed by atoms with E-state index >= 15 is 0 Å². The maximum Gasteiger partial charge on any atom is 0.184 e. The Morgan fingerprint density at radius 1 is 1.05 bits per heavy atom. The van der Waals surface area contributed by atoms with Gasteiger partial charge >= 0.3 is 0 Å². The molecule has 1 fully saturated rings. The highest BCUT2D eigenvalue weighted by atomic mass is 16.7. The molecule has 104 valence electrons. The van der Waals surface area contributed by atoms with Gasteiger partial charge in [-0.1, -0.05) is 42.5 Å². The van der Waals surface area contributed by atoms with Gasteiger partial charge in [0.1, 0.15) is 0 Å². The van der Waals surface area contributed by atoms with Gasteiger partial charge in [0.2, 0.25) is 0 Å². The van der Waals surface area contributed by atoms with Crippen molar-refractivity contribution >= 4 is 0 Å². The third-order valence-electron chi connectivity index (χ3n) is 3.64. The average molecular weight is 270 g/mol. The molecule has 0 radical (unpaired) electrons. The topological polar surface area (TPSA) is 38.7 Å². The summed E-state index contributed by atoms with van der Waals surface area (Å²) in [5.41, 5.74) is 5.15. The number of hydrogen-bond donors (Lipinski definition) is 1. The molecule has 2 aromatic rings. The summed E-state index contributed by atoms with van der Waals surface area (Å²) in [6.45, 7) is 3.28. The minimum Gasteiger partial charge on any atom is -0.392 e. The van der Waals surface area contributed by atoms with Crippen LogP contribution in [0.3, 0.4) is 0 Å². The lowest BCUT2D eigenvalue weighted by Gasteiger charge is -2.20. The first-order valence-corrected chi connectivity index (χ1v) is 6.83. The lowest BCUT2D eigenvalue weighted by molar-refractivity contribution is -0.0441. The van der Waals surface area contributed by atoms with Crippen molar-refractivity contribution in [3.63, 3.8) is 0 Å². The van der Waals surface area contributed by atoms with Crippen LogP contribution < -0.4 is 0 Å². The Bertz CT molecular complexity index is 587. The summed E-state index contributed by atoms with van der Waals surface area (Å²) in [5, 5.41) is 9.66. The van der Waals surface area contributed by atoms with E-state index in [0.29, 0.717) is 13.2 Å². The maximum atomic E-state index is 9.66. The quantitative estimate of drug-likeness (QED) is 0.930. The highest BCUT2D eigenvalue weighted by molar-refractivity contribution is 5.72. The third kappa shape index (κ3) is 2.36. The predicted molar refractivity (Wildman–Crippen MR) is 77.2 cm³/mol. The molecule has 0 amide bonds. The lowest BCUT2D eigenvalue weighted by Crippen LogP contribution is -2.06. The second kappa shape index (κ2) is 5.75.